The molecular formula is C15H18N2O. The molecule has 94 valence electrons. The standard InChI is InChI=1S/C15H18N2O/c1-12-6-14(9-16-8-12)10-17-15-5-3-4-13(7-15)11-18-2/h3-9,17H,10-11H2,1-2H3. The Morgan fingerprint density at radius 1 is 1.17 bits per heavy atom. The molecule has 0 fully saturated rings. The van der Waals surface area contributed by atoms with Gasteiger partial charge in [-0.25, -0.2) is 0 Å². The lowest BCUT2D eigenvalue weighted by molar-refractivity contribution is 0.185. The van der Waals surface area contributed by atoms with Crippen molar-refractivity contribution in [2.45, 2.75) is 20.1 Å². The number of anilines is 1. The van der Waals surface area contributed by atoms with E-state index in [1.807, 2.05) is 18.5 Å². The number of methoxy groups -OCH3 is 1. The smallest absolute Gasteiger partial charge is 0.0713 e. The summed E-state index contributed by atoms with van der Waals surface area (Å²) < 4.78 is 5.12. The summed E-state index contributed by atoms with van der Waals surface area (Å²) in [5.74, 6) is 0. The molecule has 3 nitrogen and oxygen atoms in total. The van der Waals surface area contributed by atoms with Crippen LogP contribution in [0.4, 0.5) is 5.69 Å². The lowest BCUT2D eigenvalue weighted by Gasteiger charge is -2.08. The summed E-state index contributed by atoms with van der Waals surface area (Å²) >= 11 is 0. The summed E-state index contributed by atoms with van der Waals surface area (Å²) in [6.45, 7) is 3.47. The quantitative estimate of drug-likeness (QED) is 0.874. The second kappa shape index (κ2) is 6.17. The molecule has 0 unspecified atom stereocenters. The minimum atomic E-state index is 0.640. The number of hydrogen-bond donors (Lipinski definition) is 1. The Bertz CT molecular complexity index is 511. The minimum Gasteiger partial charge on any atom is -0.381 e. The molecule has 2 rings (SSSR count). The lowest BCUT2D eigenvalue weighted by atomic mass is 10.2. The molecule has 3 heteroatoms. The molecule has 0 aliphatic rings. The van der Waals surface area contributed by atoms with Crippen LogP contribution in [0.5, 0.6) is 0 Å². The number of hydrogen-bond acceptors (Lipinski definition) is 3. The van der Waals surface area contributed by atoms with Crippen molar-refractivity contribution in [2.75, 3.05) is 12.4 Å². The number of rotatable bonds is 5. The van der Waals surface area contributed by atoms with Gasteiger partial charge in [0.15, 0.2) is 0 Å². The van der Waals surface area contributed by atoms with Gasteiger partial charge in [0, 0.05) is 31.7 Å². The summed E-state index contributed by atoms with van der Waals surface area (Å²) in [5, 5.41) is 3.39. The van der Waals surface area contributed by atoms with Crippen LogP contribution >= 0.6 is 0 Å². The van der Waals surface area contributed by atoms with Crippen LogP contribution in [0.25, 0.3) is 0 Å². The Labute approximate surface area is 108 Å². The van der Waals surface area contributed by atoms with E-state index in [4.69, 9.17) is 4.74 Å². The Morgan fingerprint density at radius 2 is 2.06 bits per heavy atom. The molecule has 1 heterocycles. The van der Waals surface area contributed by atoms with E-state index in [9.17, 15) is 0 Å². The van der Waals surface area contributed by atoms with Gasteiger partial charge in [-0.15, -0.1) is 0 Å². The molecule has 1 N–H and O–H groups in total. The normalized spacial score (nSPS) is 10.3. The van der Waals surface area contributed by atoms with Gasteiger partial charge in [0.25, 0.3) is 0 Å². The maximum absolute atomic E-state index is 5.12. The molecule has 2 aromatic rings. The highest BCUT2D eigenvalue weighted by molar-refractivity contribution is 5.46. The van der Waals surface area contributed by atoms with Gasteiger partial charge in [-0.2, -0.15) is 0 Å². The molecular weight excluding hydrogens is 224 g/mol. The number of pyridine rings is 1. The minimum absolute atomic E-state index is 0.640. The summed E-state index contributed by atoms with van der Waals surface area (Å²) in [6, 6.07) is 10.4. The Balaban J connectivity index is 1.99. The molecule has 0 spiro atoms. The molecule has 0 atom stereocenters. The third-order valence-electron chi connectivity index (χ3n) is 2.67. The molecule has 0 amide bonds. The van der Waals surface area contributed by atoms with Crippen LogP contribution in [0.3, 0.4) is 0 Å². The Hall–Kier alpha value is -1.87. The number of benzene rings is 1. The Morgan fingerprint density at radius 3 is 2.83 bits per heavy atom. The van der Waals surface area contributed by atoms with E-state index < -0.39 is 0 Å². The highest BCUT2D eigenvalue weighted by atomic mass is 16.5. The molecule has 0 bridgehead atoms. The van der Waals surface area contributed by atoms with Crippen molar-refractivity contribution in [1.29, 1.82) is 0 Å². The van der Waals surface area contributed by atoms with Crippen LogP contribution in [0.2, 0.25) is 0 Å². The number of aromatic nitrogens is 1. The molecule has 0 aliphatic heterocycles. The molecule has 0 saturated carbocycles. The van der Waals surface area contributed by atoms with E-state index in [1.54, 1.807) is 7.11 Å². The van der Waals surface area contributed by atoms with Gasteiger partial charge in [0.05, 0.1) is 6.61 Å². The van der Waals surface area contributed by atoms with Crippen molar-refractivity contribution in [2.24, 2.45) is 0 Å². The zero-order valence-electron chi connectivity index (χ0n) is 10.8. The average Bonchev–Trinajstić information content (AvgIpc) is 2.37. The van der Waals surface area contributed by atoms with Gasteiger partial charge in [-0.1, -0.05) is 18.2 Å². The van der Waals surface area contributed by atoms with Crippen LogP contribution in [0.1, 0.15) is 16.7 Å². The maximum atomic E-state index is 5.12. The van der Waals surface area contributed by atoms with Crippen molar-refractivity contribution in [3.05, 3.63) is 59.4 Å². The SMILES string of the molecule is COCc1cccc(NCc2cncc(C)c2)c1. The van der Waals surface area contributed by atoms with E-state index in [-0.39, 0.29) is 0 Å². The maximum Gasteiger partial charge on any atom is 0.0713 e. The van der Waals surface area contributed by atoms with E-state index in [2.05, 4.69) is 41.5 Å². The highest BCUT2D eigenvalue weighted by Crippen LogP contribution is 2.13. The van der Waals surface area contributed by atoms with Crippen molar-refractivity contribution in [3.8, 4) is 0 Å². The second-order valence-electron chi connectivity index (χ2n) is 4.36. The van der Waals surface area contributed by atoms with Crippen molar-refractivity contribution < 1.29 is 4.74 Å². The van der Waals surface area contributed by atoms with E-state index >= 15 is 0 Å². The summed E-state index contributed by atoms with van der Waals surface area (Å²) in [5.41, 5.74) is 4.64. The third-order valence-corrected chi connectivity index (χ3v) is 2.67. The lowest BCUT2D eigenvalue weighted by Crippen LogP contribution is -2.01. The number of nitrogens with one attached hydrogen (secondary N) is 1. The zero-order chi connectivity index (χ0) is 12.8. The second-order valence-corrected chi connectivity index (χ2v) is 4.36. The van der Waals surface area contributed by atoms with Crippen LogP contribution in [-0.2, 0) is 17.9 Å². The summed E-state index contributed by atoms with van der Waals surface area (Å²) in [7, 11) is 1.71. The molecule has 0 aliphatic carbocycles. The zero-order valence-corrected chi connectivity index (χ0v) is 10.8. The molecule has 0 radical (unpaired) electrons. The first kappa shape index (κ1) is 12.6. The molecule has 0 saturated heterocycles. The fourth-order valence-corrected chi connectivity index (χ4v) is 1.86. The third kappa shape index (κ3) is 3.57. The predicted molar refractivity (Wildman–Crippen MR) is 73.5 cm³/mol. The van der Waals surface area contributed by atoms with E-state index in [1.165, 1.54) is 16.7 Å². The molecule has 1 aromatic carbocycles. The van der Waals surface area contributed by atoms with Gasteiger partial charge in [0.2, 0.25) is 0 Å². The van der Waals surface area contributed by atoms with Crippen molar-refractivity contribution >= 4 is 5.69 Å². The summed E-state index contributed by atoms with van der Waals surface area (Å²) in [6.07, 6.45) is 3.75. The van der Waals surface area contributed by atoms with Crippen molar-refractivity contribution in [3.63, 3.8) is 0 Å². The van der Waals surface area contributed by atoms with E-state index in [0.717, 1.165) is 12.2 Å². The summed E-state index contributed by atoms with van der Waals surface area (Å²) in [4.78, 5) is 4.18. The number of nitrogens with zero attached hydrogens (tertiary/aromatic N) is 1. The number of ether oxygens (including phenoxy) is 1. The van der Waals surface area contributed by atoms with Crippen LogP contribution < -0.4 is 5.32 Å². The topological polar surface area (TPSA) is 34.1 Å². The van der Waals surface area contributed by atoms with E-state index in [0.29, 0.717) is 6.61 Å². The monoisotopic (exact) mass is 242 g/mol. The van der Waals surface area contributed by atoms with Gasteiger partial charge in [-0.05, 0) is 35.7 Å². The van der Waals surface area contributed by atoms with Crippen LogP contribution in [0, 0.1) is 6.92 Å². The predicted octanol–water partition coefficient (Wildman–Crippen LogP) is 3.15. The first-order valence-corrected chi connectivity index (χ1v) is 6.00. The first-order valence-electron chi connectivity index (χ1n) is 6.00. The average molecular weight is 242 g/mol. The molecule has 1 aromatic heterocycles. The Kier molecular flexibility index (Phi) is 4.31. The van der Waals surface area contributed by atoms with Crippen LogP contribution in [0.15, 0.2) is 42.7 Å². The number of aryl methyl sites for hydroxylation is 1. The molecule has 18 heavy (non-hydrogen) atoms. The van der Waals surface area contributed by atoms with Gasteiger partial charge < -0.3 is 10.1 Å². The van der Waals surface area contributed by atoms with Crippen LogP contribution in [-0.4, -0.2) is 12.1 Å². The highest BCUT2D eigenvalue weighted by Gasteiger charge is 1.97. The van der Waals surface area contributed by atoms with Gasteiger partial charge >= 0.3 is 0 Å². The van der Waals surface area contributed by atoms with Gasteiger partial charge in [0.1, 0.15) is 0 Å². The van der Waals surface area contributed by atoms with Crippen molar-refractivity contribution in [1.82, 2.24) is 4.98 Å². The van der Waals surface area contributed by atoms with Gasteiger partial charge in [-0.3, -0.25) is 4.98 Å². The fraction of sp³-hybridized carbons (Fsp3) is 0.267. The first-order chi connectivity index (χ1) is 8.78. The largest absolute Gasteiger partial charge is 0.381 e. The fourth-order valence-electron chi connectivity index (χ4n) is 1.86.